The summed E-state index contributed by atoms with van der Waals surface area (Å²) in [4.78, 5) is 19.7. The molecule has 6 nitrogen and oxygen atoms in total. The zero-order valence-electron chi connectivity index (χ0n) is 14.8. The van der Waals surface area contributed by atoms with E-state index < -0.39 is 0 Å². The summed E-state index contributed by atoms with van der Waals surface area (Å²) < 4.78 is 5.35. The molecule has 0 unspecified atom stereocenters. The lowest BCUT2D eigenvalue weighted by Gasteiger charge is -2.36. The fraction of sp³-hybridized carbons (Fsp3) is 0.526. The molecule has 0 bridgehead atoms. The number of carbonyl (C=O) groups is 1. The molecule has 2 N–H and O–H groups in total. The number of hydrogen-bond acceptors (Lipinski definition) is 3. The number of amides is 2. The van der Waals surface area contributed by atoms with Crippen molar-refractivity contribution in [1.29, 1.82) is 0 Å². The van der Waals surface area contributed by atoms with Crippen LogP contribution < -0.4 is 10.1 Å². The Morgan fingerprint density at radius 2 is 2.08 bits per heavy atom. The second kappa shape index (κ2) is 6.96. The Kier molecular flexibility index (Phi) is 4.53. The van der Waals surface area contributed by atoms with Gasteiger partial charge in [-0.3, -0.25) is 0 Å². The van der Waals surface area contributed by atoms with Crippen molar-refractivity contribution in [1.82, 2.24) is 20.1 Å². The summed E-state index contributed by atoms with van der Waals surface area (Å²) in [5.74, 6) is 0.901. The van der Waals surface area contributed by atoms with E-state index in [2.05, 4.69) is 33.5 Å². The summed E-state index contributed by atoms with van der Waals surface area (Å²) in [7, 11) is 1.71. The van der Waals surface area contributed by atoms with Gasteiger partial charge in [-0.25, -0.2) is 4.79 Å². The Morgan fingerprint density at radius 3 is 2.80 bits per heavy atom. The third kappa shape index (κ3) is 3.31. The average Bonchev–Trinajstić information content (AvgIpc) is 3.26. The molecule has 6 heteroatoms. The number of aromatic amines is 1. The molecular formula is C19H26N4O2. The number of urea groups is 1. The van der Waals surface area contributed by atoms with Crippen LogP contribution in [0.2, 0.25) is 0 Å². The number of carbonyl (C=O) groups excluding carboxylic acids is 1. The first-order valence-corrected chi connectivity index (χ1v) is 9.15. The van der Waals surface area contributed by atoms with Crippen LogP contribution in [0, 0.1) is 0 Å². The molecule has 3 heterocycles. The number of piperidine rings is 1. The number of hydrogen-bond donors (Lipinski definition) is 2. The molecule has 0 aliphatic carbocycles. The van der Waals surface area contributed by atoms with E-state index in [9.17, 15) is 4.79 Å². The van der Waals surface area contributed by atoms with Gasteiger partial charge in [-0.2, -0.15) is 0 Å². The zero-order chi connectivity index (χ0) is 17.2. The molecule has 2 saturated heterocycles. The Balaban J connectivity index is 1.33. The quantitative estimate of drug-likeness (QED) is 0.876. The van der Waals surface area contributed by atoms with Crippen LogP contribution >= 0.6 is 0 Å². The lowest BCUT2D eigenvalue weighted by Crippen LogP contribution is -2.46. The molecular weight excluding hydrogens is 316 g/mol. The fourth-order valence-corrected chi connectivity index (χ4v) is 4.06. The average molecular weight is 342 g/mol. The first kappa shape index (κ1) is 16.3. The van der Waals surface area contributed by atoms with Crippen molar-refractivity contribution in [2.24, 2.45) is 0 Å². The second-order valence-corrected chi connectivity index (χ2v) is 6.97. The minimum Gasteiger partial charge on any atom is -0.497 e. The third-order valence-corrected chi connectivity index (χ3v) is 5.56. The van der Waals surface area contributed by atoms with E-state index >= 15 is 0 Å². The van der Waals surface area contributed by atoms with Gasteiger partial charge in [0.25, 0.3) is 0 Å². The summed E-state index contributed by atoms with van der Waals surface area (Å²) in [5, 5.41) is 4.16. The van der Waals surface area contributed by atoms with Crippen molar-refractivity contribution < 1.29 is 9.53 Å². The maximum Gasteiger partial charge on any atom is 0.317 e. The lowest BCUT2D eigenvalue weighted by molar-refractivity contribution is 0.137. The second-order valence-electron chi connectivity index (χ2n) is 6.97. The Bertz CT molecular complexity index is 749. The molecule has 1 aromatic carbocycles. The summed E-state index contributed by atoms with van der Waals surface area (Å²) in [6.07, 6.45) is 5.30. The van der Waals surface area contributed by atoms with Gasteiger partial charge < -0.3 is 24.8 Å². The molecule has 1 aromatic heterocycles. The number of likely N-dealkylation sites (tertiary alicyclic amines) is 1. The number of rotatable bonds is 5. The molecule has 0 saturated carbocycles. The largest absolute Gasteiger partial charge is 0.497 e. The zero-order valence-corrected chi connectivity index (χ0v) is 14.8. The molecule has 134 valence electrons. The third-order valence-electron chi connectivity index (χ3n) is 5.56. The van der Waals surface area contributed by atoms with Crippen molar-refractivity contribution >= 4 is 16.9 Å². The number of nitrogens with one attached hydrogen (secondary N) is 2. The van der Waals surface area contributed by atoms with Gasteiger partial charge >= 0.3 is 6.03 Å². The molecule has 2 aliphatic rings. The Labute approximate surface area is 148 Å². The van der Waals surface area contributed by atoms with Crippen LogP contribution in [0.25, 0.3) is 10.9 Å². The van der Waals surface area contributed by atoms with Crippen molar-refractivity contribution in [2.45, 2.75) is 25.3 Å². The highest BCUT2D eigenvalue weighted by atomic mass is 16.5. The highest BCUT2D eigenvalue weighted by Gasteiger charge is 2.30. The van der Waals surface area contributed by atoms with Gasteiger partial charge in [0.1, 0.15) is 5.75 Å². The smallest absolute Gasteiger partial charge is 0.317 e. The van der Waals surface area contributed by atoms with Gasteiger partial charge in [0, 0.05) is 55.9 Å². The standard InChI is InChI=1S/C19H26N4O2/c1-25-16-2-3-18-17(12-16)14(13-21-18)4-8-22-9-5-15(6-10-22)23-11-7-20-19(23)24/h2-3,12-13,15,21H,4-11H2,1H3,(H,20,24). The number of fused-ring (bicyclic) bond motifs is 1. The van der Waals surface area contributed by atoms with E-state index in [-0.39, 0.29) is 6.03 Å². The van der Waals surface area contributed by atoms with Crippen molar-refractivity contribution in [3.63, 3.8) is 0 Å². The van der Waals surface area contributed by atoms with Crippen molar-refractivity contribution in [2.75, 3.05) is 39.8 Å². The van der Waals surface area contributed by atoms with Gasteiger partial charge in [-0.1, -0.05) is 0 Å². The van der Waals surface area contributed by atoms with Crippen LogP contribution in [0.15, 0.2) is 24.4 Å². The van der Waals surface area contributed by atoms with Crippen LogP contribution in [-0.4, -0.2) is 66.7 Å². The number of benzene rings is 1. The molecule has 0 atom stereocenters. The Hall–Kier alpha value is -2.21. The number of ether oxygens (including phenoxy) is 1. The molecule has 25 heavy (non-hydrogen) atoms. The van der Waals surface area contributed by atoms with E-state index in [4.69, 9.17) is 4.74 Å². The van der Waals surface area contributed by atoms with Gasteiger partial charge in [0.05, 0.1) is 7.11 Å². The predicted molar refractivity (Wildman–Crippen MR) is 98.1 cm³/mol. The highest BCUT2D eigenvalue weighted by Crippen LogP contribution is 2.25. The molecule has 2 fully saturated rings. The predicted octanol–water partition coefficient (Wildman–Crippen LogP) is 2.21. The van der Waals surface area contributed by atoms with Crippen molar-refractivity contribution in [3.05, 3.63) is 30.0 Å². The first-order valence-electron chi connectivity index (χ1n) is 9.15. The number of nitrogens with zero attached hydrogens (tertiary/aromatic N) is 2. The lowest BCUT2D eigenvalue weighted by atomic mass is 10.0. The van der Waals surface area contributed by atoms with Crippen LogP contribution in [0.3, 0.4) is 0 Å². The van der Waals surface area contributed by atoms with Crippen LogP contribution in [0.4, 0.5) is 4.79 Å². The SMILES string of the molecule is COc1ccc2[nH]cc(CCN3CCC(N4CCNC4=O)CC3)c2c1. The number of H-pyrrole nitrogens is 1. The van der Waals surface area contributed by atoms with Gasteiger partial charge in [-0.05, 0) is 43.0 Å². The van der Waals surface area contributed by atoms with Crippen LogP contribution in [0.5, 0.6) is 5.75 Å². The maximum atomic E-state index is 11.8. The minimum atomic E-state index is 0.117. The molecule has 2 amide bonds. The summed E-state index contributed by atoms with van der Waals surface area (Å²) in [5.41, 5.74) is 2.50. The van der Waals surface area contributed by atoms with Gasteiger partial charge in [0.15, 0.2) is 0 Å². The summed E-state index contributed by atoms with van der Waals surface area (Å²) >= 11 is 0. The van der Waals surface area contributed by atoms with E-state index in [1.54, 1.807) is 7.11 Å². The van der Waals surface area contributed by atoms with Crippen LogP contribution in [0.1, 0.15) is 18.4 Å². The highest BCUT2D eigenvalue weighted by molar-refractivity contribution is 5.84. The minimum absolute atomic E-state index is 0.117. The molecule has 0 radical (unpaired) electrons. The van der Waals surface area contributed by atoms with Crippen molar-refractivity contribution in [3.8, 4) is 5.75 Å². The molecule has 2 aromatic rings. The van der Waals surface area contributed by atoms with Crippen LogP contribution in [-0.2, 0) is 6.42 Å². The van der Waals surface area contributed by atoms with E-state index in [0.29, 0.717) is 6.04 Å². The summed E-state index contributed by atoms with van der Waals surface area (Å²) in [6.45, 7) is 4.85. The summed E-state index contributed by atoms with van der Waals surface area (Å²) in [6, 6.07) is 6.70. The molecule has 0 spiro atoms. The first-order chi connectivity index (χ1) is 12.2. The monoisotopic (exact) mass is 342 g/mol. The normalized spacial score (nSPS) is 19.6. The van der Waals surface area contributed by atoms with Gasteiger partial charge in [0.2, 0.25) is 0 Å². The Morgan fingerprint density at radius 1 is 1.24 bits per heavy atom. The van der Waals surface area contributed by atoms with Gasteiger partial charge in [-0.15, -0.1) is 0 Å². The molecule has 4 rings (SSSR count). The van der Waals surface area contributed by atoms with E-state index in [1.807, 2.05) is 11.0 Å². The topological polar surface area (TPSA) is 60.6 Å². The number of aromatic nitrogens is 1. The fourth-order valence-electron chi connectivity index (χ4n) is 4.06. The number of methoxy groups -OCH3 is 1. The van der Waals surface area contributed by atoms with E-state index in [1.165, 1.54) is 10.9 Å². The van der Waals surface area contributed by atoms with E-state index in [0.717, 1.165) is 63.3 Å². The maximum absolute atomic E-state index is 11.8. The molecule has 2 aliphatic heterocycles.